The van der Waals surface area contributed by atoms with E-state index in [0.717, 1.165) is 50.1 Å². The first-order valence-corrected chi connectivity index (χ1v) is 14.3. The molecule has 5 nitrogen and oxygen atoms in total. The van der Waals surface area contributed by atoms with Crippen molar-refractivity contribution < 1.29 is 30.2 Å². The van der Waals surface area contributed by atoms with Gasteiger partial charge in [0.1, 0.15) is 0 Å². The summed E-state index contributed by atoms with van der Waals surface area (Å²) in [5, 5.41) is 1.74. The molecule has 0 aliphatic heterocycles. The molecule has 0 saturated heterocycles. The zero-order valence-corrected chi connectivity index (χ0v) is 26.0. The molecule has 0 fully saturated rings. The molecule has 0 spiro atoms. The normalized spacial score (nSPS) is 10.9. The van der Waals surface area contributed by atoms with Gasteiger partial charge in [0.05, 0.1) is 11.3 Å². The second kappa shape index (κ2) is 12.3. The Morgan fingerprint density at radius 1 is 0.533 bits per heavy atom. The molecule has 8 rings (SSSR count). The Labute approximate surface area is 274 Å². The van der Waals surface area contributed by atoms with Crippen molar-refractivity contribution in [2.75, 3.05) is 0 Å². The third-order valence-electron chi connectivity index (χ3n) is 7.47. The second-order valence-corrected chi connectivity index (χ2v) is 10.3. The van der Waals surface area contributed by atoms with E-state index in [-0.39, 0.29) is 21.1 Å². The number of nitrogens with zero attached hydrogens (tertiary/aromatic N) is 3. The van der Waals surface area contributed by atoms with Crippen LogP contribution in [0.2, 0.25) is 0 Å². The van der Waals surface area contributed by atoms with E-state index in [4.69, 9.17) is 19.1 Å². The van der Waals surface area contributed by atoms with E-state index in [1.165, 1.54) is 0 Å². The zero-order chi connectivity index (χ0) is 29.3. The van der Waals surface area contributed by atoms with Crippen molar-refractivity contribution in [3.63, 3.8) is 0 Å². The van der Waals surface area contributed by atoms with Crippen molar-refractivity contribution in [1.29, 1.82) is 0 Å². The fourth-order valence-electron chi connectivity index (χ4n) is 5.35. The number of pyridine rings is 3. The SMILES string of the molecule is [Pt+2].[c-]1c(Oc2[c-]c(-c3cc(-c4ccccc4)ccn3)c3oc4nc(-c5ccccc5)ccc4c3c2)cccc1-c1ccccn1. The van der Waals surface area contributed by atoms with E-state index in [1.807, 2.05) is 121 Å². The summed E-state index contributed by atoms with van der Waals surface area (Å²) in [4.78, 5) is 14.1. The van der Waals surface area contributed by atoms with Gasteiger partial charge >= 0.3 is 21.1 Å². The average molecular weight is 761 g/mol. The molecule has 0 aliphatic carbocycles. The van der Waals surface area contributed by atoms with Crippen LogP contribution in [-0.2, 0) is 21.1 Å². The van der Waals surface area contributed by atoms with Gasteiger partial charge < -0.3 is 19.1 Å². The maximum Gasteiger partial charge on any atom is 2.00 e. The third-order valence-corrected chi connectivity index (χ3v) is 7.47. The molecule has 0 amide bonds. The molecule has 4 heterocycles. The molecule has 4 aromatic heterocycles. The monoisotopic (exact) mass is 760 g/mol. The van der Waals surface area contributed by atoms with Gasteiger partial charge in [-0.05, 0) is 46.8 Å². The quantitative estimate of drug-likeness (QED) is 0.158. The molecule has 0 aliphatic rings. The molecule has 0 radical (unpaired) electrons. The minimum atomic E-state index is 0. The number of hydrogen-bond acceptors (Lipinski definition) is 5. The molecule has 45 heavy (non-hydrogen) atoms. The van der Waals surface area contributed by atoms with Crippen molar-refractivity contribution in [3.05, 3.63) is 152 Å². The smallest absolute Gasteiger partial charge is 0.497 e. The zero-order valence-electron chi connectivity index (χ0n) is 23.8. The van der Waals surface area contributed by atoms with Gasteiger partial charge in [0.2, 0.25) is 5.71 Å². The summed E-state index contributed by atoms with van der Waals surface area (Å²) in [6.07, 6.45) is 3.58. The summed E-state index contributed by atoms with van der Waals surface area (Å²) in [5.41, 5.74) is 8.25. The number of rotatable bonds is 6. The molecule has 8 aromatic rings. The van der Waals surface area contributed by atoms with Crippen LogP contribution < -0.4 is 4.74 Å². The van der Waals surface area contributed by atoms with Crippen molar-refractivity contribution in [3.8, 4) is 56.4 Å². The molecule has 0 N–H and O–H groups in total. The fourth-order valence-corrected chi connectivity index (χ4v) is 5.35. The number of fused-ring (bicyclic) bond motifs is 3. The van der Waals surface area contributed by atoms with Crippen molar-refractivity contribution >= 4 is 22.1 Å². The molecule has 0 bridgehead atoms. The predicted octanol–water partition coefficient (Wildman–Crippen LogP) is 9.83. The summed E-state index contributed by atoms with van der Waals surface area (Å²) in [6, 6.07) is 48.7. The maximum absolute atomic E-state index is 6.47. The Bertz CT molecular complexity index is 2250. The van der Waals surface area contributed by atoms with E-state index in [9.17, 15) is 0 Å². The van der Waals surface area contributed by atoms with Crippen LogP contribution in [0.1, 0.15) is 0 Å². The summed E-state index contributed by atoms with van der Waals surface area (Å²) in [7, 11) is 0. The van der Waals surface area contributed by atoms with Crippen LogP contribution in [0.15, 0.2) is 144 Å². The van der Waals surface area contributed by atoms with Crippen LogP contribution in [0.25, 0.3) is 67.0 Å². The first kappa shape index (κ1) is 28.4. The molecule has 0 saturated carbocycles. The average Bonchev–Trinajstić information content (AvgIpc) is 3.47. The molecular formula is C39H23N3O2Pt. The van der Waals surface area contributed by atoms with Crippen LogP contribution in [0.3, 0.4) is 0 Å². The first-order chi connectivity index (χ1) is 21.8. The molecule has 6 heteroatoms. The van der Waals surface area contributed by atoms with Gasteiger partial charge in [-0.1, -0.05) is 108 Å². The number of benzene rings is 4. The number of aromatic nitrogens is 3. The number of ether oxygens (including phenoxy) is 1. The van der Waals surface area contributed by atoms with Gasteiger partial charge in [-0.15, -0.1) is 23.8 Å². The van der Waals surface area contributed by atoms with E-state index in [1.54, 1.807) is 6.20 Å². The van der Waals surface area contributed by atoms with Gasteiger partial charge in [0, 0.05) is 34.8 Å². The standard InChI is InChI=1S/C39H23N3O2.Pt/c1-3-10-26(11-4-1)28-19-21-41-37(23-28)34-25-31(43-30-15-9-14-29(22-30)35-16-7-8-20-40-35)24-33-32-17-18-36(27-12-5-2-6-13-27)42-39(32)44-38(33)34;/h1-21,23-24H;/q-2;+2. The van der Waals surface area contributed by atoms with E-state index in [0.29, 0.717) is 28.4 Å². The van der Waals surface area contributed by atoms with Gasteiger partial charge in [0.25, 0.3) is 0 Å². The summed E-state index contributed by atoms with van der Waals surface area (Å²) in [6.45, 7) is 0. The van der Waals surface area contributed by atoms with Crippen LogP contribution in [0.4, 0.5) is 0 Å². The Kier molecular flexibility index (Phi) is 7.77. The third kappa shape index (κ3) is 5.66. The maximum atomic E-state index is 6.47. The first-order valence-electron chi connectivity index (χ1n) is 14.3. The van der Waals surface area contributed by atoms with Crippen LogP contribution in [0.5, 0.6) is 11.5 Å². The molecule has 0 unspecified atom stereocenters. The number of furan rings is 1. The van der Waals surface area contributed by atoms with Crippen molar-refractivity contribution in [2.45, 2.75) is 0 Å². The molecule has 0 atom stereocenters. The van der Waals surface area contributed by atoms with E-state index >= 15 is 0 Å². The van der Waals surface area contributed by atoms with Gasteiger partial charge in [-0.3, -0.25) is 0 Å². The Morgan fingerprint density at radius 2 is 1.31 bits per heavy atom. The summed E-state index contributed by atoms with van der Waals surface area (Å²) in [5.74, 6) is 1.07. The fraction of sp³-hybridized carbons (Fsp3) is 0. The van der Waals surface area contributed by atoms with Crippen molar-refractivity contribution in [1.82, 2.24) is 15.0 Å². The largest absolute Gasteiger partial charge is 2.00 e. The topological polar surface area (TPSA) is 61.0 Å². The minimum absolute atomic E-state index is 0. The second-order valence-electron chi connectivity index (χ2n) is 10.3. The van der Waals surface area contributed by atoms with Crippen LogP contribution in [0, 0.1) is 12.1 Å². The van der Waals surface area contributed by atoms with Gasteiger partial charge in [0.15, 0.2) is 0 Å². The van der Waals surface area contributed by atoms with E-state index in [2.05, 4.69) is 29.2 Å². The van der Waals surface area contributed by atoms with Gasteiger partial charge in [-0.2, -0.15) is 0 Å². The summed E-state index contributed by atoms with van der Waals surface area (Å²) >= 11 is 0. The van der Waals surface area contributed by atoms with Crippen LogP contribution >= 0.6 is 0 Å². The minimum Gasteiger partial charge on any atom is -0.497 e. The van der Waals surface area contributed by atoms with Crippen molar-refractivity contribution in [2.24, 2.45) is 0 Å². The Hall–Kier alpha value is -5.38. The van der Waals surface area contributed by atoms with Crippen LogP contribution in [-0.4, -0.2) is 15.0 Å². The molecule has 216 valence electrons. The molecule has 4 aromatic carbocycles. The predicted molar refractivity (Wildman–Crippen MR) is 173 cm³/mol. The number of hydrogen-bond donors (Lipinski definition) is 0. The Morgan fingerprint density at radius 3 is 2.11 bits per heavy atom. The van der Waals surface area contributed by atoms with Gasteiger partial charge in [-0.25, -0.2) is 4.98 Å². The summed E-state index contributed by atoms with van der Waals surface area (Å²) < 4.78 is 12.9. The Balaban J connectivity index is 0.00000325. The molecular weight excluding hydrogens is 738 g/mol. The van der Waals surface area contributed by atoms with E-state index < -0.39 is 0 Å².